The largest absolute Gasteiger partial charge is 0.217 e. The minimum atomic E-state index is 0.929. The fraction of sp³-hybridized carbons (Fsp3) is 0.231. The first kappa shape index (κ1) is 10.7. The number of aryl methyl sites for hydroxylation is 1. The summed E-state index contributed by atoms with van der Waals surface area (Å²) in [6.45, 7) is 2.13. The molecule has 0 saturated heterocycles. The Hall–Kier alpha value is -1.20. The third-order valence-corrected chi connectivity index (χ3v) is 4.87. The molecule has 0 atom stereocenters. The van der Waals surface area contributed by atoms with Crippen LogP contribution in [0, 0.1) is 0 Å². The molecule has 3 aromatic rings. The molecule has 3 nitrogen and oxygen atoms in total. The van der Waals surface area contributed by atoms with Gasteiger partial charge in [-0.3, -0.25) is 0 Å². The van der Waals surface area contributed by atoms with E-state index < -0.39 is 0 Å². The molecule has 0 fully saturated rings. The molecule has 2 heterocycles. The van der Waals surface area contributed by atoms with Gasteiger partial charge in [0.2, 0.25) is 4.96 Å². The summed E-state index contributed by atoms with van der Waals surface area (Å²) in [5.41, 5.74) is 4.93. The van der Waals surface area contributed by atoms with Crippen LogP contribution < -0.4 is 0 Å². The minimum absolute atomic E-state index is 0.929. The Balaban J connectivity index is 1.97. The van der Waals surface area contributed by atoms with Crippen LogP contribution in [0.4, 0.5) is 0 Å². The van der Waals surface area contributed by atoms with E-state index in [1.807, 2.05) is 4.52 Å². The van der Waals surface area contributed by atoms with Gasteiger partial charge in [-0.05, 0) is 24.1 Å². The molecular formula is C13H10BrN3S. The summed E-state index contributed by atoms with van der Waals surface area (Å²) in [4.78, 5) is 5.76. The molecule has 1 aromatic carbocycles. The van der Waals surface area contributed by atoms with Crippen LogP contribution in [0.1, 0.15) is 23.2 Å². The van der Waals surface area contributed by atoms with E-state index in [2.05, 4.69) is 46.2 Å². The molecule has 0 bridgehead atoms. The normalized spacial score (nSPS) is 13.0. The van der Waals surface area contributed by atoms with Crippen molar-refractivity contribution in [3.8, 4) is 11.3 Å². The summed E-state index contributed by atoms with van der Waals surface area (Å²) in [7, 11) is 0. The zero-order valence-corrected chi connectivity index (χ0v) is 12.2. The molecule has 0 spiro atoms. The molecule has 5 heteroatoms. The number of nitrogens with zero attached hydrogens (tertiary/aromatic N) is 3. The lowest BCUT2D eigenvalue weighted by molar-refractivity contribution is 0.866. The molecular weight excluding hydrogens is 310 g/mol. The number of benzene rings is 1. The van der Waals surface area contributed by atoms with Gasteiger partial charge in [0.05, 0.1) is 11.4 Å². The van der Waals surface area contributed by atoms with Gasteiger partial charge >= 0.3 is 0 Å². The number of hydrogen-bond acceptors (Lipinski definition) is 3. The summed E-state index contributed by atoms with van der Waals surface area (Å²) < 4.78 is 3.15. The Labute approximate surface area is 117 Å². The van der Waals surface area contributed by atoms with E-state index in [1.54, 1.807) is 11.3 Å². The van der Waals surface area contributed by atoms with E-state index in [0.717, 1.165) is 33.0 Å². The average molecular weight is 320 g/mol. The highest BCUT2D eigenvalue weighted by Crippen LogP contribution is 2.38. The lowest BCUT2D eigenvalue weighted by Crippen LogP contribution is -1.92. The number of hydrogen-bond donors (Lipinski definition) is 0. The number of aromatic nitrogens is 3. The van der Waals surface area contributed by atoms with E-state index in [9.17, 15) is 0 Å². The van der Waals surface area contributed by atoms with E-state index in [-0.39, 0.29) is 0 Å². The Morgan fingerprint density at radius 2 is 2.33 bits per heavy atom. The fourth-order valence-corrected chi connectivity index (χ4v) is 3.73. The lowest BCUT2D eigenvalue weighted by atomic mass is 10.1. The standard InChI is InChI=1S/C13H10BrN3S/c1-2-11-16-17-10-6-7-5-8(14)3-4-9(7)12(10)15-13(17)18-11/h3-5H,2,6H2,1H3. The molecule has 18 heavy (non-hydrogen) atoms. The Bertz CT molecular complexity index is 772. The number of imidazole rings is 1. The first-order chi connectivity index (χ1) is 8.76. The second kappa shape index (κ2) is 3.65. The second-order valence-electron chi connectivity index (χ2n) is 4.43. The first-order valence-electron chi connectivity index (χ1n) is 5.92. The number of rotatable bonds is 1. The highest BCUT2D eigenvalue weighted by atomic mass is 79.9. The topological polar surface area (TPSA) is 30.2 Å². The van der Waals surface area contributed by atoms with Crippen molar-refractivity contribution in [2.45, 2.75) is 19.8 Å². The van der Waals surface area contributed by atoms with Gasteiger partial charge in [0, 0.05) is 16.5 Å². The van der Waals surface area contributed by atoms with E-state index in [0.29, 0.717) is 0 Å². The van der Waals surface area contributed by atoms with Gasteiger partial charge < -0.3 is 0 Å². The van der Waals surface area contributed by atoms with Crippen molar-refractivity contribution < 1.29 is 0 Å². The second-order valence-corrected chi connectivity index (χ2v) is 6.39. The monoisotopic (exact) mass is 319 g/mol. The smallest absolute Gasteiger partial charge is 0.212 e. The molecule has 0 amide bonds. The SMILES string of the molecule is CCc1nn2c3c(nc2s1)-c1ccc(Br)cc1C3. The van der Waals surface area contributed by atoms with Crippen molar-refractivity contribution in [2.24, 2.45) is 0 Å². The van der Waals surface area contributed by atoms with Gasteiger partial charge in [-0.25, -0.2) is 9.50 Å². The van der Waals surface area contributed by atoms with Crippen LogP contribution in [0.2, 0.25) is 0 Å². The summed E-state index contributed by atoms with van der Waals surface area (Å²) >= 11 is 5.21. The predicted molar refractivity (Wildman–Crippen MR) is 76.2 cm³/mol. The Morgan fingerprint density at radius 1 is 1.44 bits per heavy atom. The van der Waals surface area contributed by atoms with Gasteiger partial charge in [0.25, 0.3) is 0 Å². The van der Waals surface area contributed by atoms with Crippen LogP contribution in [0.15, 0.2) is 22.7 Å². The van der Waals surface area contributed by atoms with E-state index >= 15 is 0 Å². The number of fused-ring (bicyclic) bond motifs is 5. The third-order valence-electron chi connectivity index (χ3n) is 3.32. The zero-order valence-electron chi connectivity index (χ0n) is 9.77. The molecule has 0 saturated carbocycles. The zero-order chi connectivity index (χ0) is 12.3. The maximum absolute atomic E-state index is 4.74. The molecule has 1 aliphatic carbocycles. The minimum Gasteiger partial charge on any atom is -0.217 e. The highest BCUT2D eigenvalue weighted by Gasteiger charge is 2.25. The van der Waals surface area contributed by atoms with Crippen LogP contribution in [0.25, 0.3) is 16.2 Å². The van der Waals surface area contributed by atoms with Crippen LogP contribution in [0.5, 0.6) is 0 Å². The highest BCUT2D eigenvalue weighted by molar-refractivity contribution is 9.10. The molecule has 1 aliphatic rings. The molecule has 90 valence electrons. The van der Waals surface area contributed by atoms with Gasteiger partial charge in [-0.2, -0.15) is 5.10 Å². The fourth-order valence-electron chi connectivity index (χ4n) is 2.47. The van der Waals surface area contributed by atoms with E-state index in [1.165, 1.54) is 16.8 Å². The van der Waals surface area contributed by atoms with Crippen LogP contribution in [0.3, 0.4) is 0 Å². The lowest BCUT2D eigenvalue weighted by Gasteiger charge is -1.98. The van der Waals surface area contributed by atoms with Crippen molar-refractivity contribution in [2.75, 3.05) is 0 Å². The van der Waals surface area contributed by atoms with Crippen molar-refractivity contribution in [1.29, 1.82) is 0 Å². The molecule has 2 aromatic heterocycles. The molecule has 0 radical (unpaired) electrons. The quantitative estimate of drug-likeness (QED) is 0.535. The van der Waals surface area contributed by atoms with Gasteiger partial charge in [0.15, 0.2) is 0 Å². The Morgan fingerprint density at radius 3 is 3.17 bits per heavy atom. The van der Waals surface area contributed by atoms with E-state index in [4.69, 9.17) is 4.98 Å². The van der Waals surface area contributed by atoms with Crippen LogP contribution in [-0.4, -0.2) is 14.6 Å². The van der Waals surface area contributed by atoms with Gasteiger partial charge in [-0.1, -0.05) is 40.3 Å². The summed E-state index contributed by atoms with van der Waals surface area (Å²) in [5, 5.41) is 5.78. The third kappa shape index (κ3) is 1.34. The maximum atomic E-state index is 4.74. The summed E-state index contributed by atoms with van der Waals surface area (Å²) in [6.07, 6.45) is 1.90. The molecule has 4 rings (SSSR count). The van der Waals surface area contributed by atoms with Crippen molar-refractivity contribution >= 4 is 32.2 Å². The van der Waals surface area contributed by atoms with Crippen LogP contribution in [-0.2, 0) is 12.8 Å². The number of halogens is 1. The molecule has 0 unspecified atom stereocenters. The van der Waals surface area contributed by atoms with Crippen molar-refractivity contribution in [3.63, 3.8) is 0 Å². The molecule has 0 aliphatic heterocycles. The van der Waals surface area contributed by atoms with Crippen molar-refractivity contribution in [3.05, 3.63) is 38.9 Å². The van der Waals surface area contributed by atoms with Gasteiger partial charge in [0.1, 0.15) is 5.01 Å². The van der Waals surface area contributed by atoms with Gasteiger partial charge in [-0.15, -0.1) is 0 Å². The summed E-state index contributed by atoms with van der Waals surface area (Å²) in [5.74, 6) is 0. The Kier molecular flexibility index (Phi) is 2.17. The summed E-state index contributed by atoms with van der Waals surface area (Å²) in [6, 6.07) is 6.39. The average Bonchev–Trinajstić information content (AvgIpc) is 2.97. The maximum Gasteiger partial charge on any atom is 0.212 e. The molecule has 0 N–H and O–H groups in total. The predicted octanol–water partition coefficient (Wildman–Crippen LogP) is 3.69. The van der Waals surface area contributed by atoms with Crippen molar-refractivity contribution in [1.82, 2.24) is 14.6 Å². The van der Waals surface area contributed by atoms with Crippen LogP contribution >= 0.6 is 27.3 Å². The first-order valence-corrected chi connectivity index (χ1v) is 7.53.